The van der Waals surface area contributed by atoms with E-state index in [4.69, 9.17) is 4.74 Å². The van der Waals surface area contributed by atoms with Gasteiger partial charge < -0.3 is 20.7 Å². The van der Waals surface area contributed by atoms with Crippen LogP contribution in [0.1, 0.15) is 13.3 Å². The normalized spacial score (nSPS) is 24.6. The third-order valence-electron chi connectivity index (χ3n) is 3.79. The highest BCUT2D eigenvalue weighted by molar-refractivity contribution is 5.99. The molecule has 0 saturated carbocycles. The fourth-order valence-electron chi connectivity index (χ4n) is 2.45. The van der Waals surface area contributed by atoms with Gasteiger partial charge in [-0.3, -0.25) is 9.59 Å². The molecule has 0 radical (unpaired) electrons. The van der Waals surface area contributed by atoms with Gasteiger partial charge in [-0.1, -0.05) is 0 Å². The molecule has 3 N–H and O–H groups in total. The average molecular weight is 275 g/mol. The Bertz CT molecular complexity index is 565. The molecule has 1 saturated heterocycles. The van der Waals surface area contributed by atoms with E-state index in [9.17, 15) is 9.59 Å². The van der Waals surface area contributed by atoms with Gasteiger partial charge in [0.25, 0.3) is 5.91 Å². The van der Waals surface area contributed by atoms with Crippen molar-refractivity contribution in [1.82, 2.24) is 5.32 Å². The molecule has 3 rings (SSSR count). The van der Waals surface area contributed by atoms with Gasteiger partial charge in [-0.15, -0.1) is 0 Å². The maximum Gasteiger partial charge on any atom is 0.262 e. The molecule has 0 spiro atoms. The maximum absolute atomic E-state index is 12.3. The number of ether oxygens (including phenoxy) is 1. The smallest absolute Gasteiger partial charge is 0.262 e. The largest absolute Gasteiger partial charge is 0.482 e. The van der Waals surface area contributed by atoms with Gasteiger partial charge in [0.15, 0.2) is 6.61 Å². The molecule has 0 aromatic heterocycles. The summed E-state index contributed by atoms with van der Waals surface area (Å²) in [7, 11) is 0. The van der Waals surface area contributed by atoms with E-state index in [1.165, 1.54) is 0 Å². The van der Waals surface area contributed by atoms with Crippen molar-refractivity contribution in [3.63, 3.8) is 0 Å². The van der Waals surface area contributed by atoms with E-state index in [1.807, 2.05) is 6.92 Å². The average Bonchev–Trinajstić information content (AvgIpc) is 2.86. The Balaban J connectivity index is 1.76. The molecule has 20 heavy (non-hydrogen) atoms. The van der Waals surface area contributed by atoms with Crippen LogP contribution in [0, 0.1) is 5.41 Å². The maximum atomic E-state index is 12.3. The van der Waals surface area contributed by atoms with Crippen LogP contribution in [0.25, 0.3) is 0 Å². The van der Waals surface area contributed by atoms with Crippen LogP contribution in [0.4, 0.5) is 11.4 Å². The number of carbonyl (C=O) groups excluding carboxylic acids is 2. The Labute approximate surface area is 116 Å². The Kier molecular flexibility index (Phi) is 3.10. The summed E-state index contributed by atoms with van der Waals surface area (Å²) in [6.07, 6.45) is 0.823. The van der Waals surface area contributed by atoms with E-state index in [1.54, 1.807) is 18.2 Å². The molecule has 1 unspecified atom stereocenters. The van der Waals surface area contributed by atoms with E-state index in [0.29, 0.717) is 23.7 Å². The molecule has 1 fully saturated rings. The number of nitrogens with one attached hydrogen (secondary N) is 3. The first kappa shape index (κ1) is 12.9. The molecule has 1 aromatic rings. The number of hydrogen-bond acceptors (Lipinski definition) is 4. The zero-order valence-electron chi connectivity index (χ0n) is 11.3. The first-order valence-corrected chi connectivity index (χ1v) is 6.66. The van der Waals surface area contributed by atoms with Gasteiger partial charge in [0.1, 0.15) is 5.75 Å². The number of hydrogen-bond donors (Lipinski definition) is 3. The highest BCUT2D eigenvalue weighted by atomic mass is 16.5. The van der Waals surface area contributed by atoms with Crippen LogP contribution in [0.15, 0.2) is 18.2 Å². The molecule has 1 aromatic carbocycles. The first-order chi connectivity index (χ1) is 9.57. The quantitative estimate of drug-likeness (QED) is 0.751. The Morgan fingerprint density at radius 1 is 1.45 bits per heavy atom. The van der Waals surface area contributed by atoms with Gasteiger partial charge in [-0.2, -0.15) is 0 Å². The summed E-state index contributed by atoms with van der Waals surface area (Å²) in [6, 6.07) is 5.25. The van der Waals surface area contributed by atoms with E-state index in [0.717, 1.165) is 13.0 Å². The van der Waals surface area contributed by atoms with Gasteiger partial charge in [-0.05, 0) is 38.1 Å². The Morgan fingerprint density at radius 3 is 3.05 bits per heavy atom. The second kappa shape index (κ2) is 4.79. The van der Waals surface area contributed by atoms with Crippen molar-refractivity contribution in [2.24, 2.45) is 5.41 Å². The minimum Gasteiger partial charge on any atom is -0.482 e. The zero-order chi connectivity index (χ0) is 14.2. The van der Waals surface area contributed by atoms with Gasteiger partial charge in [0.05, 0.1) is 11.1 Å². The van der Waals surface area contributed by atoms with Crippen LogP contribution in [0.2, 0.25) is 0 Å². The number of carbonyl (C=O) groups is 2. The van der Waals surface area contributed by atoms with Crippen LogP contribution in [-0.4, -0.2) is 31.5 Å². The molecule has 0 aliphatic carbocycles. The van der Waals surface area contributed by atoms with Gasteiger partial charge in [0, 0.05) is 12.2 Å². The van der Waals surface area contributed by atoms with Crippen LogP contribution in [0.3, 0.4) is 0 Å². The zero-order valence-corrected chi connectivity index (χ0v) is 11.3. The van der Waals surface area contributed by atoms with Gasteiger partial charge in [-0.25, -0.2) is 0 Å². The topological polar surface area (TPSA) is 79.5 Å². The third kappa shape index (κ3) is 2.34. The molecule has 2 amide bonds. The predicted octanol–water partition coefficient (Wildman–Crippen LogP) is 0.956. The number of fused-ring (bicyclic) bond motifs is 1. The van der Waals surface area contributed by atoms with Gasteiger partial charge >= 0.3 is 0 Å². The highest BCUT2D eigenvalue weighted by Gasteiger charge is 2.36. The molecule has 2 aliphatic heterocycles. The predicted molar refractivity (Wildman–Crippen MR) is 74.8 cm³/mol. The molecule has 6 heteroatoms. The van der Waals surface area contributed by atoms with Crippen molar-refractivity contribution in [3.05, 3.63) is 18.2 Å². The third-order valence-corrected chi connectivity index (χ3v) is 3.79. The fourth-order valence-corrected chi connectivity index (χ4v) is 2.45. The number of amides is 2. The Morgan fingerprint density at radius 2 is 2.30 bits per heavy atom. The lowest BCUT2D eigenvalue weighted by Gasteiger charge is -2.23. The van der Waals surface area contributed by atoms with E-state index in [2.05, 4.69) is 16.0 Å². The summed E-state index contributed by atoms with van der Waals surface area (Å²) in [5.74, 6) is 0.426. The monoisotopic (exact) mass is 275 g/mol. The van der Waals surface area contributed by atoms with Gasteiger partial charge in [0.2, 0.25) is 5.91 Å². The second-order valence-electron chi connectivity index (χ2n) is 5.49. The van der Waals surface area contributed by atoms with Crippen LogP contribution in [0.5, 0.6) is 5.75 Å². The molecule has 0 bridgehead atoms. The summed E-state index contributed by atoms with van der Waals surface area (Å²) in [5, 5.41) is 8.83. The molecule has 2 heterocycles. The van der Waals surface area contributed by atoms with Crippen molar-refractivity contribution in [2.45, 2.75) is 13.3 Å². The fraction of sp³-hybridized carbons (Fsp3) is 0.429. The molecule has 2 aliphatic rings. The number of anilines is 2. The van der Waals surface area contributed by atoms with E-state index < -0.39 is 0 Å². The lowest BCUT2D eigenvalue weighted by atomic mass is 9.89. The minimum absolute atomic E-state index is 0.00879. The Hall–Kier alpha value is -2.08. The van der Waals surface area contributed by atoms with Crippen molar-refractivity contribution in [3.8, 4) is 5.75 Å². The van der Waals surface area contributed by atoms with Crippen molar-refractivity contribution >= 4 is 23.2 Å². The molecule has 1 atom stereocenters. The van der Waals surface area contributed by atoms with Crippen LogP contribution in [-0.2, 0) is 9.59 Å². The van der Waals surface area contributed by atoms with E-state index >= 15 is 0 Å². The highest BCUT2D eigenvalue weighted by Crippen LogP contribution is 2.32. The van der Waals surface area contributed by atoms with Crippen molar-refractivity contribution in [2.75, 3.05) is 30.3 Å². The number of benzene rings is 1. The van der Waals surface area contributed by atoms with Crippen molar-refractivity contribution < 1.29 is 14.3 Å². The molecule has 106 valence electrons. The molecule has 6 nitrogen and oxygen atoms in total. The number of rotatable bonds is 2. The lowest BCUT2D eigenvalue weighted by molar-refractivity contribution is -0.123. The standard InChI is InChI=1S/C14H17N3O3/c1-14(4-5-15-8-14)13(19)16-9-2-3-11-10(6-9)17-12(18)7-20-11/h2-3,6,15H,4-5,7-8H2,1H3,(H,16,19)(H,17,18). The minimum atomic E-state index is -0.379. The lowest BCUT2D eigenvalue weighted by Crippen LogP contribution is -2.35. The summed E-state index contributed by atoms with van der Waals surface area (Å²) in [4.78, 5) is 23.6. The second-order valence-corrected chi connectivity index (χ2v) is 5.49. The van der Waals surface area contributed by atoms with Crippen LogP contribution < -0.4 is 20.7 Å². The summed E-state index contributed by atoms with van der Waals surface area (Å²) in [6.45, 7) is 3.52. The van der Waals surface area contributed by atoms with E-state index in [-0.39, 0.29) is 23.8 Å². The van der Waals surface area contributed by atoms with Crippen LogP contribution >= 0.6 is 0 Å². The SMILES string of the molecule is CC1(C(=O)Nc2ccc3c(c2)NC(=O)CO3)CCNC1. The summed E-state index contributed by atoms with van der Waals surface area (Å²) >= 11 is 0. The molecular formula is C14H17N3O3. The summed E-state index contributed by atoms with van der Waals surface area (Å²) < 4.78 is 5.28. The first-order valence-electron chi connectivity index (χ1n) is 6.66. The summed E-state index contributed by atoms with van der Waals surface area (Å²) in [5.41, 5.74) is 0.872. The van der Waals surface area contributed by atoms with Crippen molar-refractivity contribution in [1.29, 1.82) is 0 Å². The molecular weight excluding hydrogens is 258 g/mol.